The largest absolute Gasteiger partial charge is 0.368 e. The van der Waals surface area contributed by atoms with Crippen molar-refractivity contribution in [2.75, 3.05) is 11.9 Å². The molecule has 0 N–H and O–H groups in total. The third-order valence-corrected chi connectivity index (χ3v) is 3.02. The normalized spacial score (nSPS) is 10.9. The van der Waals surface area contributed by atoms with Gasteiger partial charge in [0.1, 0.15) is 11.8 Å². The maximum Gasteiger partial charge on any atom is 0.140 e. The van der Waals surface area contributed by atoms with Crippen LogP contribution in [0.25, 0.3) is 0 Å². The quantitative estimate of drug-likeness (QED) is 0.758. The molecule has 0 atom stereocenters. The average Bonchev–Trinajstić information content (AvgIpc) is 2.28. The molecule has 3 nitrogen and oxygen atoms in total. The number of anilines is 1. The second kappa shape index (κ2) is 4.31. The third kappa shape index (κ3) is 2.47. The number of pyridine rings is 1. The molecule has 0 unspecified atom stereocenters. The van der Waals surface area contributed by atoms with Gasteiger partial charge in [-0.2, -0.15) is 5.26 Å². The van der Waals surface area contributed by atoms with Crippen molar-refractivity contribution in [1.29, 1.82) is 5.26 Å². The molecule has 0 bridgehead atoms. The van der Waals surface area contributed by atoms with Crippen molar-refractivity contribution in [2.24, 2.45) is 0 Å². The molecule has 0 amide bonds. The highest BCUT2D eigenvalue weighted by atomic mass is 15.2. The molecular weight excluding hydrogens is 186 g/mol. The van der Waals surface area contributed by atoms with Crippen LogP contribution in [0, 0.1) is 11.3 Å². The zero-order valence-corrected chi connectivity index (χ0v) is 9.78. The summed E-state index contributed by atoms with van der Waals surface area (Å²) in [5.41, 5.74) is 1.61. The van der Waals surface area contributed by atoms with E-state index in [1.54, 1.807) is 12.3 Å². The Labute approximate surface area is 91.4 Å². The summed E-state index contributed by atoms with van der Waals surface area (Å²) in [4.78, 5) is 6.24. The Hall–Kier alpha value is -1.56. The van der Waals surface area contributed by atoms with Crippen LogP contribution in [-0.4, -0.2) is 17.6 Å². The van der Waals surface area contributed by atoms with Crippen LogP contribution in [0.3, 0.4) is 0 Å². The molecule has 0 fully saturated rings. The lowest BCUT2D eigenvalue weighted by molar-refractivity contribution is 0.470. The zero-order valence-electron chi connectivity index (χ0n) is 9.78. The second-order valence-electron chi connectivity index (χ2n) is 4.24. The summed E-state index contributed by atoms with van der Waals surface area (Å²) in [6.07, 6.45) is 2.81. The van der Waals surface area contributed by atoms with Crippen molar-refractivity contribution in [3.8, 4) is 6.07 Å². The van der Waals surface area contributed by atoms with Gasteiger partial charge in [-0.25, -0.2) is 4.98 Å². The van der Waals surface area contributed by atoms with Crippen LogP contribution >= 0.6 is 0 Å². The number of nitriles is 1. The fourth-order valence-corrected chi connectivity index (χ4v) is 1.24. The fourth-order valence-electron chi connectivity index (χ4n) is 1.24. The molecule has 3 heteroatoms. The van der Waals surface area contributed by atoms with Crippen LogP contribution in [-0.2, 0) is 0 Å². The van der Waals surface area contributed by atoms with Gasteiger partial charge in [0.2, 0.25) is 0 Å². The predicted molar refractivity (Wildman–Crippen MR) is 61.7 cm³/mol. The Kier molecular flexibility index (Phi) is 3.31. The van der Waals surface area contributed by atoms with Gasteiger partial charge in [0, 0.05) is 12.6 Å². The summed E-state index contributed by atoms with van der Waals surface area (Å²) in [7, 11) is 2.05. The fraction of sp³-hybridized carbons (Fsp3) is 0.500. The molecule has 0 spiro atoms. The SMILES string of the molecule is CCC(C)(C)N(C)c1ccc(C#N)nc1. The highest BCUT2D eigenvalue weighted by molar-refractivity contribution is 5.47. The first-order valence-corrected chi connectivity index (χ1v) is 5.11. The molecule has 0 saturated carbocycles. The lowest BCUT2D eigenvalue weighted by Gasteiger charge is -2.36. The lowest BCUT2D eigenvalue weighted by Crippen LogP contribution is -2.40. The van der Waals surface area contributed by atoms with Gasteiger partial charge in [0.05, 0.1) is 11.9 Å². The van der Waals surface area contributed by atoms with Crippen LogP contribution in [0.1, 0.15) is 32.9 Å². The highest BCUT2D eigenvalue weighted by Gasteiger charge is 2.21. The Morgan fingerprint density at radius 3 is 2.53 bits per heavy atom. The average molecular weight is 203 g/mol. The Bertz CT molecular complexity index is 359. The highest BCUT2D eigenvalue weighted by Crippen LogP contribution is 2.23. The Morgan fingerprint density at radius 2 is 2.13 bits per heavy atom. The third-order valence-electron chi connectivity index (χ3n) is 3.02. The van der Waals surface area contributed by atoms with Gasteiger partial charge in [0.25, 0.3) is 0 Å². The van der Waals surface area contributed by atoms with Crippen LogP contribution in [0.15, 0.2) is 18.3 Å². The molecule has 0 aromatic carbocycles. The maximum atomic E-state index is 8.65. The van der Waals surface area contributed by atoms with E-state index in [0.29, 0.717) is 5.69 Å². The molecule has 1 aromatic rings. The van der Waals surface area contributed by atoms with Crippen molar-refractivity contribution < 1.29 is 0 Å². The van der Waals surface area contributed by atoms with Gasteiger partial charge in [0.15, 0.2) is 0 Å². The number of aromatic nitrogens is 1. The molecule has 1 rings (SSSR count). The van der Waals surface area contributed by atoms with E-state index >= 15 is 0 Å². The summed E-state index contributed by atoms with van der Waals surface area (Å²) in [5, 5.41) is 8.65. The van der Waals surface area contributed by atoms with Gasteiger partial charge in [-0.1, -0.05) is 6.92 Å². The van der Waals surface area contributed by atoms with Gasteiger partial charge < -0.3 is 4.90 Å². The first kappa shape index (κ1) is 11.5. The zero-order chi connectivity index (χ0) is 11.5. The van der Waals surface area contributed by atoms with Crippen LogP contribution in [0.5, 0.6) is 0 Å². The number of hydrogen-bond donors (Lipinski definition) is 0. The summed E-state index contributed by atoms with van der Waals surface area (Å²) in [6.45, 7) is 6.53. The predicted octanol–water partition coefficient (Wildman–Crippen LogP) is 2.58. The van der Waals surface area contributed by atoms with E-state index in [2.05, 4.69) is 30.7 Å². The monoisotopic (exact) mass is 203 g/mol. The minimum atomic E-state index is 0.107. The molecule has 0 aliphatic carbocycles. The van der Waals surface area contributed by atoms with E-state index in [-0.39, 0.29) is 5.54 Å². The minimum absolute atomic E-state index is 0.107. The summed E-state index contributed by atoms with van der Waals surface area (Å²) < 4.78 is 0. The van der Waals surface area contributed by atoms with Crippen molar-refractivity contribution >= 4 is 5.69 Å². The van der Waals surface area contributed by atoms with Gasteiger partial charge in [-0.15, -0.1) is 0 Å². The first-order chi connectivity index (χ1) is 7.01. The molecule has 1 aromatic heterocycles. The van der Waals surface area contributed by atoms with Crippen LogP contribution in [0.2, 0.25) is 0 Å². The Balaban J connectivity index is 2.93. The van der Waals surface area contributed by atoms with E-state index in [0.717, 1.165) is 12.1 Å². The summed E-state index contributed by atoms with van der Waals surface area (Å²) in [5.74, 6) is 0. The van der Waals surface area contributed by atoms with Crippen LogP contribution < -0.4 is 4.90 Å². The lowest BCUT2D eigenvalue weighted by atomic mass is 9.99. The standard InChI is InChI=1S/C12H17N3/c1-5-12(2,3)15(4)11-7-6-10(8-13)14-9-11/h6-7,9H,5H2,1-4H3. The number of nitrogens with zero attached hydrogens (tertiary/aromatic N) is 3. The molecular formula is C12H17N3. The molecule has 1 heterocycles. The van der Waals surface area contributed by atoms with Crippen LogP contribution in [0.4, 0.5) is 5.69 Å². The van der Waals surface area contributed by atoms with E-state index in [9.17, 15) is 0 Å². The smallest absolute Gasteiger partial charge is 0.140 e. The topological polar surface area (TPSA) is 39.9 Å². The summed E-state index contributed by atoms with van der Waals surface area (Å²) in [6, 6.07) is 5.70. The maximum absolute atomic E-state index is 8.65. The van der Waals surface area contributed by atoms with Gasteiger partial charge >= 0.3 is 0 Å². The second-order valence-corrected chi connectivity index (χ2v) is 4.24. The molecule has 80 valence electrons. The molecule has 15 heavy (non-hydrogen) atoms. The number of hydrogen-bond acceptors (Lipinski definition) is 3. The van der Waals surface area contributed by atoms with Crippen molar-refractivity contribution in [3.05, 3.63) is 24.0 Å². The van der Waals surface area contributed by atoms with E-state index in [4.69, 9.17) is 5.26 Å². The van der Waals surface area contributed by atoms with Crippen molar-refractivity contribution in [2.45, 2.75) is 32.7 Å². The first-order valence-electron chi connectivity index (χ1n) is 5.11. The van der Waals surface area contributed by atoms with Crippen molar-refractivity contribution in [1.82, 2.24) is 4.98 Å². The van der Waals surface area contributed by atoms with E-state index in [1.165, 1.54) is 0 Å². The number of rotatable bonds is 3. The molecule has 0 radical (unpaired) electrons. The van der Waals surface area contributed by atoms with Gasteiger partial charge in [-0.3, -0.25) is 0 Å². The summed E-state index contributed by atoms with van der Waals surface area (Å²) >= 11 is 0. The Morgan fingerprint density at radius 1 is 1.47 bits per heavy atom. The minimum Gasteiger partial charge on any atom is -0.368 e. The van der Waals surface area contributed by atoms with Crippen molar-refractivity contribution in [3.63, 3.8) is 0 Å². The van der Waals surface area contributed by atoms with E-state index < -0.39 is 0 Å². The van der Waals surface area contributed by atoms with Gasteiger partial charge in [-0.05, 0) is 32.4 Å². The molecule has 0 aliphatic rings. The van der Waals surface area contributed by atoms with E-state index in [1.807, 2.05) is 19.2 Å². The molecule has 0 aliphatic heterocycles. The molecule has 0 saturated heterocycles.